The molecule has 1 aliphatic rings. The van der Waals surface area contributed by atoms with Gasteiger partial charge in [0, 0.05) is 24.0 Å². The number of hydrogen-bond acceptors (Lipinski definition) is 7. The molecule has 2 aromatic carbocycles. The number of carboxylic acids is 1. The van der Waals surface area contributed by atoms with Crippen molar-refractivity contribution in [3.63, 3.8) is 0 Å². The summed E-state index contributed by atoms with van der Waals surface area (Å²) in [6, 6.07) is 11.6. The molecule has 2 heterocycles. The molecule has 0 unspecified atom stereocenters. The van der Waals surface area contributed by atoms with Crippen molar-refractivity contribution >= 4 is 17.3 Å². The van der Waals surface area contributed by atoms with Gasteiger partial charge in [-0.25, -0.2) is 9.78 Å². The first-order valence-corrected chi connectivity index (χ1v) is 9.96. The topological polar surface area (TPSA) is 81.1 Å². The average Bonchev–Trinajstić information content (AvgIpc) is 3.37. The van der Waals surface area contributed by atoms with Crippen LogP contribution in [0.5, 0.6) is 17.2 Å². The summed E-state index contributed by atoms with van der Waals surface area (Å²) in [5.74, 6) is 1.00. The molecule has 0 spiro atoms. The Morgan fingerprint density at radius 1 is 1.17 bits per heavy atom. The van der Waals surface area contributed by atoms with Crippen LogP contribution in [0.1, 0.15) is 11.3 Å². The molecule has 0 amide bonds. The van der Waals surface area contributed by atoms with E-state index in [-0.39, 0.29) is 13.4 Å². The highest BCUT2D eigenvalue weighted by Gasteiger charge is 2.16. The van der Waals surface area contributed by atoms with Crippen molar-refractivity contribution in [1.82, 2.24) is 9.88 Å². The van der Waals surface area contributed by atoms with Crippen LogP contribution in [0, 0.1) is 0 Å². The molecule has 4 rings (SSSR count). The second-order valence-corrected chi connectivity index (χ2v) is 7.44. The number of fused-ring (bicyclic) bond motifs is 1. The number of hydrogen-bond donors (Lipinski definition) is 1. The van der Waals surface area contributed by atoms with Crippen LogP contribution >= 0.6 is 11.3 Å². The van der Waals surface area contributed by atoms with Gasteiger partial charge < -0.3 is 19.3 Å². The zero-order chi connectivity index (χ0) is 20.2. The first-order valence-electron chi connectivity index (χ1n) is 9.01. The molecule has 1 N–H and O–H groups in total. The molecule has 0 saturated heterocycles. The summed E-state index contributed by atoms with van der Waals surface area (Å²) < 4.78 is 16.4. The zero-order valence-electron chi connectivity index (χ0n) is 15.8. The highest BCUT2D eigenvalue weighted by atomic mass is 32.1. The van der Waals surface area contributed by atoms with Crippen molar-refractivity contribution in [2.75, 3.05) is 20.4 Å². The van der Waals surface area contributed by atoms with E-state index in [9.17, 15) is 4.79 Å². The van der Waals surface area contributed by atoms with Crippen molar-refractivity contribution < 1.29 is 24.1 Å². The lowest BCUT2D eigenvalue weighted by atomic mass is 10.0. The van der Waals surface area contributed by atoms with Gasteiger partial charge in [0.15, 0.2) is 18.1 Å². The van der Waals surface area contributed by atoms with Crippen LogP contribution in [-0.2, 0) is 17.9 Å². The molecule has 29 heavy (non-hydrogen) atoms. The molecule has 1 aromatic heterocycles. The van der Waals surface area contributed by atoms with Gasteiger partial charge in [-0.2, -0.15) is 0 Å². The number of rotatable bonds is 8. The summed E-state index contributed by atoms with van der Waals surface area (Å²) in [6.07, 6.45) is 0. The summed E-state index contributed by atoms with van der Waals surface area (Å²) >= 11 is 1.56. The Morgan fingerprint density at radius 3 is 2.76 bits per heavy atom. The van der Waals surface area contributed by atoms with E-state index < -0.39 is 5.97 Å². The third kappa shape index (κ3) is 4.67. The maximum Gasteiger partial charge on any atom is 0.341 e. The van der Waals surface area contributed by atoms with Gasteiger partial charge in [0.25, 0.3) is 0 Å². The number of carbonyl (C=O) groups is 1. The Hall–Kier alpha value is -3.10. The van der Waals surface area contributed by atoms with Crippen LogP contribution in [0.2, 0.25) is 0 Å². The number of nitrogens with zero attached hydrogens (tertiary/aromatic N) is 2. The van der Waals surface area contributed by atoms with Crippen molar-refractivity contribution in [1.29, 1.82) is 0 Å². The highest BCUT2D eigenvalue weighted by molar-refractivity contribution is 7.07. The number of carboxylic acid groups (broad SMARTS) is 1. The molecule has 3 aromatic rings. The van der Waals surface area contributed by atoms with Gasteiger partial charge in [0.05, 0.1) is 11.2 Å². The predicted molar refractivity (Wildman–Crippen MR) is 108 cm³/mol. The van der Waals surface area contributed by atoms with E-state index in [1.54, 1.807) is 11.3 Å². The second kappa shape index (κ2) is 8.50. The van der Waals surface area contributed by atoms with Crippen LogP contribution in [0.4, 0.5) is 0 Å². The van der Waals surface area contributed by atoms with Crippen molar-refractivity contribution in [2.24, 2.45) is 0 Å². The molecule has 0 saturated carbocycles. The van der Waals surface area contributed by atoms with Crippen molar-refractivity contribution in [3.8, 4) is 28.4 Å². The van der Waals surface area contributed by atoms with Gasteiger partial charge in [-0.15, -0.1) is 11.3 Å². The Labute approximate surface area is 172 Å². The van der Waals surface area contributed by atoms with E-state index >= 15 is 0 Å². The lowest BCUT2D eigenvalue weighted by Crippen LogP contribution is -2.19. The zero-order valence-corrected chi connectivity index (χ0v) is 16.6. The van der Waals surface area contributed by atoms with E-state index in [2.05, 4.69) is 9.88 Å². The number of thiazole rings is 1. The molecule has 1 aliphatic heterocycles. The highest BCUT2D eigenvalue weighted by Crippen LogP contribution is 2.37. The molecule has 0 atom stereocenters. The minimum Gasteiger partial charge on any atom is -0.482 e. The van der Waals surface area contributed by atoms with Gasteiger partial charge in [-0.05, 0) is 42.4 Å². The van der Waals surface area contributed by atoms with Crippen molar-refractivity contribution in [3.05, 3.63) is 58.5 Å². The third-order valence-electron chi connectivity index (χ3n) is 4.47. The van der Waals surface area contributed by atoms with Crippen LogP contribution in [-0.4, -0.2) is 41.4 Å². The summed E-state index contributed by atoms with van der Waals surface area (Å²) in [4.78, 5) is 17.4. The fourth-order valence-corrected chi connectivity index (χ4v) is 3.73. The van der Waals surface area contributed by atoms with E-state index in [4.69, 9.17) is 19.3 Å². The number of aliphatic carboxylic acids is 1. The average molecular weight is 412 g/mol. The van der Waals surface area contributed by atoms with Crippen LogP contribution in [0.15, 0.2) is 47.3 Å². The van der Waals surface area contributed by atoms with E-state index in [0.29, 0.717) is 18.8 Å². The molecule has 0 aliphatic carbocycles. The molecule has 0 bridgehead atoms. The first kappa shape index (κ1) is 19.2. The van der Waals surface area contributed by atoms with Crippen LogP contribution in [0.25, 0.3) is 11.1 Å². The Morgan fingerprint density at radius 2 is 1.97 bits per heavy atom. The Bertz CT molecular complexity index is 1010. The number of aromatic nitrogens is 1. The Balaban J connectivity index is 1.60. The molecule has 0 radical (unpaired) electrons. The predicted octanol–water partition coefficient (Wildman–Crippen LogP) is 3.63. The monoisotopic (exact) mass is 412 g/mol. The molecule has 8 heteroatoms. The summed E-state index contributed by atoms with van der Waals surface area (Å²) in [7, 11) is 1.99. The molecular formula is C21H20N2O5S. The molecule has 0 fully saturated rings. The lowest BCUT2D eigenvalue weighted by molar-refractivity contribution is -0.139. The maximum absolute atomic E-state index is 10.9. The SMILES string of the molecule is CN(Cc1cscn1)Cc1cc(-c2ccc3c(c2)OCO3)ccc1OCC(=O)O. The third-order valence-corrected chi connectivity index (χ3v) is 5.11. The minimum absolute atomic E-state index is 0.230. The fraction of sp³-hybridized carbons (Fsp3) is 0.238. The van der Waals surface area contributed by atoms with Gasteiger partial charge in [0.2, 0.25) is 6.79 Å². The van der Waals surface area contributed by atoms with Gasteiger partial charge in [0.1, 0.15) is 5.75 Å². The Kier molecular flexibility index (Phi) is 5.64. The fourth-order valence-electron chi connectivity index (χ4n) is 3.18. The second-order valence-electron chi connectivity index (χ2n) is 6.73. The first-order chi connectivity index (χ1) is 14.1. The minimum atomic E-state index is -1.01. The standard InChI is InChI=1S/C21H20N2O5S/c1-23(9-17-11-29-12-22-17)8-16-6-14(2-4-18(16)26-10-21(24)25)15-3-5-19-20(7-15)28-13-27-19/h2-7,11-12H,8-10,13H2,1H3,(H,24,25). The molecule has 7 nitrogen and oxygen atoms in total. The largest absolute Gasteiger partial charge is 0.482 e. The summed E-state index contributed by atoms with van der Waals surface area (Å²) in [5, 5.41) is 11.0. The molecular weight excluding hydrogens is 392 g/mol. The number of ether oxygens (including phenoxy) is 3. The van der Waals surface area contributed by atoms with Crippen LogP contribution in [0.3, 0.4) is 0 Å². The maximum atomic E-state index is 10.9. The van der Waals surface area contributed by atoms with Crippen molar-refractivity contribution in [2.45, 2.75) is 13.1 Å². The van der Waals surface area contributed by atoms with E-state index in [1.165, 1.54) is 0 Å². The lowest BCUT2D eigenvalue weighted by Gasteiger charge is -2.19. The smallest absolute Gasteiger partial charge is 0.341 e. The van der Waals surface area contributed by atoms with Gasteiger partial charge in [-0.1, -0.05) is 12.1 Å². The number of benzene rings is 2. The quantitative estimate of drug-likeness (QED) is 0.605. The van der Waals surface area contributed by atoms with Crippen LogP contribution < -0.4 is 14.2 Å². The molecule has 150 valence electrons. The van der Waals surface area contributed by atoms with Gasteiger partial charge in [-0.3, -0.25) is 4.90 Å². The summed E-state index contributed by atoms with van der Waals surface area (Å²) in [5.41, 5.74) is 5.69. The summed E-state index contributed by atoms with van der Waals surface area (Å²) in [6.45, 7) is 1.13. The van der Waals surface area contributed by atoms with E-state index in [0.717, 1.165) is 33.9 Å². The van der Waals surface area contributed by atoms with E-state index in [1.807, 2.05) is 54.3 Å². The van der Waals surface area contributed by atoms with Gasteiger partial charge >= 0.3 is 5.97 Å². The normalized spacial score (nSPS) is 12.3.